The lowest BCUT2D eigenvalue weighted by Gasteiger charge is -2.18. The molecule has 0 atom stereocenters. The molecule has 0 spiro atoms. The van der Waals surface area contributed by atoms with Crippen molar-refractivity contribution in [3.63, 3.8) is 0 Å². The molecule has 0 aliphatic heterocycles. The fraction of sp³-hybridized carbons (Fsp3) is 0.0270. The highest BCUT2D eigenvalue weighted by atomic mass is 16.3. The van der Waals surface area contributed by atoms with E-state index in [0.717, 1.165) is 76.5 Å². The summed E-state index contributed by atoms with van der Waals surface area (Å²) in [5.41, 5.74) is 5.39. The number of fused-ring (bicyclic) bond motifs is 6. The predicted molar refractivity (Wildman–Crippen MR) is 161 cm³/mol. The van der Waals surface area contributed by atoms with Crippen molar-refractivity contribution in [2.45, 2.75) is 6.42 Å². The van der Waals surface area contributed by atoms with E-state index in [4.69, 9.17) is 9.90 Å². The molecule has 1 nitrogen and oxygen atoms in total. The first-order chi connectivity index (χ1) is 20.5. The van der Waals surface area contributed by atoms with Gasteiger partial charge in [0.25, 0.3) is 0 Å². The summed E-state index contributed by atoms with van der Waals surface area (Å²) in [6.45, 7) is 0. The number of rotatable bonds is 3. The normalized spacial score (nSPS) is 13.3. The third-order valence-corrected chi connectivity index (χ3v) is 7.72. The van der Waals surface area contributed by atoms with E-state index in [9.17, 15) is 0 Å². The van der Waals surface area contributed by atoms with Crippen molar-refractivity contribution in [1.29, 1.82) is 0 Å². The maximum Gasteiger partial charge on any atom is 0.143 e. The van der Waals surface area contributed by atoms with Crippen LogP contribution in [0.15, 0.2) is 138 Å². The molecule has 0 fully saturated rings. The average Bonchev–Trinajstić information content (AvgIpc) is 3.39. The molecule has 0 aliphatic carbocycles. The molecule has 0 saturated heterocycles. The minimum absolute atomic E-state index is 0.138. The Balaban J connectivity index is 1.53. The van der Waals surface area contributed by atoms with E-state index in [1.807, 2.05) is 42.5 Å². The fourth-order valence-corrected chi connectivity index (χ4v) is 6.03. The molecule has 0 unspecified atom stereocenters. The van der Waals surface area contributed by atoms with Gasteiger partial charge in [0, 0.05) is 21.9 Å². The van der Waals surface area contributed by atoms with Crippen molar-refractivity contribution in [2.75, 3.05) is 0 Å². The van der Waals surface area contributed by atoms with Crippen molar-refractivity contribution in [2.24, 2.45) is 0 Å². The monoisotopic (exact) mass is 488 g/mol. The number of benzene rings is 7. The van der Waals surface area contributed by atoms with Crippen LogP contribution in [0.25, 0.3) is 65.4 Å². The smallest absolute Gasteiger partial charge is 0.143 e. The molecule has 38 heavy (non-hydrogen) atoms. The molecule has 0 aliphatic rings. The van der Waals surface area contributed by atoms with Crippen LogP contribution in [0.3, 0.4) is 0 Å². The Morgan fingerprint density at radius 1 is 0.500 bits per heavy atom. The second-order valence-corrected chi connectivity index (χ2v) is 9.76. The zero-order valence-corrected chi connectivity index (χ0v) is 20.5. The zero-order chi connectivity index (χ0) is 28.5. The van der Waals surface area contributed by atoms with Crippen molar-refractivity contribution >= 4 is 54.3 Å². The van der Waals surface area contributed by atoms with Gasteiger partial charge in [-0.05, 0) is 55.9 Å². The van der Waals surface area contributed by atoms with Gasteiger partial charge in [-0.2, -0.15) is 0 Å². The molecule has 178 valence electrons. The van der Waals surface area contributed by atoms with Gasteiger partial charge in [-0.3, -0.25) is 0 Å². The van der Waals surface area contributed by atoms with Crippen LogP contribution < -0.4 is 0 Å². The Hall–Kier alpha value is -4.88. The first-order valence-electron chi connectivity index (χ1n) is 14.8. The highest BCUT2D eigenvalue weighted by Crippen LogP contribution is 2.44. The van der Waals surface area contributed by atoms with E-state index < -0.39 is 0 Å². The number of hydrogen-bond donors (Lipinski definition) is 0. The van der Waals surface area contributed by atoms with Crippen LogP contribution in [0.2, 0.25) is 0 Å². The van der Waals surface area contributed by atoms with Gasteiger partial charge in [0.2, 0.25) is 0 Å². The predicted octanol–water partition coefficient (Wildman–Crippen LogP) is 10.3. The fourth-order valence-electron chi connectivity index (χ4n) is 6.03. The van der Waals surface area contributed by atoms with Crippen LogP contribution in [0.4, 0.5) is 0 Å². The molecule has 1 aromatic heterocycles. The van der Waals surface area contributed by atoms with Gasteiger partial charge < -0.3 is 4.42 Å². The van der Waals surface area contributed by atoms with E-state index in [-0.39, 0.29) is 24.2 Å². The molecule has 0 saturated carbocycles. The molecular weight excluding hydrogens is 460 g/mol. The van der Waals surface area contributed by atoms with Crippen molar-refractivity contribution in [1.82, 2.24) is 0 Å². The molecule has 1 heterocycles. The maximum atomic E-state index is 8.62. The lowest BCUT2D eigenvalue weighted by Crippen LogP contribution is -1.96. The Kier molecular flexibility index (Phi) is 3.85. The molecule has 0 N–H and O–H groups in total. The largest absolute Gasteiger partial charge is 0.455 e. The van der Waals surface area contributed by atoms with Gasteiger partial charge in [-0.15, -0.1) is 0 Å². The first kappa shape index (κ1) is 17.6. The van der Waals surface area contributed by atoms with Gasteiger partial charge in [-0.1, -0.05) is 127 Å². The first-order valence-corrected chi connectivity index (χ1v) is 12.8. The summed E-state index contributed by atoms with van der Waals surface area (Å²) in [5, 5.41) is 7.75. The lowest BCUT2D eigenvalue weighted by molar-refractivity contribution is 0.670. The van der Waals surface area contributed by atoms with Crippen LogP contribution in [0, 0.1) is 0 Å². The number of hydrogen-bond acceptors (Lipinski definition) is 1. The van der Waals surface area contributed by atoms with Gasteiger partial charge >= 0.3 is 0 Å². The van der Waals surface area contributed by atoms with Crippen LogP contribution in [0.5, 0.6) is 0 Å². The van der Waals surface area contributed by atoms with E-state index in [2.05, 4.69) is 42.5 Å². The van der Waals surface area contributed by atoms with Gasteiger partial charge in [-0.25, -0.2) is 0 Å². The second-order valence-electron chi connectivity index (χ2n) is 9.76. The minimum Gasteiger partial charge on any atom is -0.455 e. The summed E-state index contributed by atoms with van der Waals surface area (Å²) in [6.07, 6.45) is 0.580. The van der Waals surface area contributed by atoms with Gasteiger partial charge in [0.15, 0.2) is 0 Å². The lowest BCUT2D eigenvalue weighted by atomic mass is 9.85. The minimum atomic E-state index is 0.138. The molecule has 0 bridgehead atoms. The molecule has 7 aromatic carbocycles. The summed E-state index contributed by atoms with van der Waals surface area (Å²) in [4.78, 5) is 0. The van der Waals surface area contributed by atoms with E-state index in [0.29, 0.717) is 6.42 Å². The van der Waals surface area contributed by atoms with Gasteiger partial charge in [0.05, 0.1) is 5.48 Å². The molecule has 8 rings (SSSR count). The number of para-hydroxylation sites is 2. The Morgan fingerprint density at radius 3 is 1.89 bits per heavy atom. The maximum absolute atomic E-state index is 8.62. The van der Waals surface area contributed by atoms with E-state index in [1.54, 1.807) is 24.3 Å². The van der Waals surface area contributed by atoms with Crippen molar-refractivity contribution < 1.29 is 9.90 Å². The van der Waals surface area contributed by atoms with Crippen LogP contribution in [-0.4, -0.2) is 0 Å². The van der Waals surface area contributed by atoms with Crippen LogP contribution in [0.1, 0.15) is 16.6 Å². The summed E-state index contributed by atoms with van der Waals surface area (Å²) in [5.74, 6) is 0. The summed E-state index contributed by atoms with van der Waals surface area (Å²) in [6, 6.07) is 36.4. The Morgan fingerprint density at radius 2 is 1.11 bits per heavy atom. The SMILES string of the molecule is [2H]c1cc2c(Cc3cccc4ccccc34)c3cc([2H])c([2H])cc3c(-c3cccc4c3oc3ccccc34)c2cc1[2H]. The van der Waals surface area contributed by atoms with E-state index >= 15 is 0 Å². The summed E-state index contributed by atoms with van der Waals surface area (Å²) in [7, 11) is 0. The van der Waals surface area contributed by atoms with Crippen molar-refractivity contribution in [3.8, 4) is 11.1 Å². The average molecular weight is 489 g/mol. The van der Waals surface area contributed by atoms with Gasteiger partial charge in [0.1, 0.15) is 11.2 Å². The second kappa shape index (κ2) is 8.33. The Labute approximate surface area is 226 Å². The highest BCUT2D eigenvalue weighted by Gasteiger charge is 2.19. The van der Waals surface area contributed by atoms with Crippen molar-refractivity contribution in [3.05, 3.63) is 144 Å². The summed E-state index contributed by atoms with van der Waals surface area (Å²) < 4.78 is 40.9. The molecule has 1 heteroatoms. The van der Waals surface area contributed by atoms with Crippen LogP contribution in [-0.2, 0) is 6.42 Å². The summed E-state index contributed by atoms with van der Waals surface area (Å²) >= 11 is 0. The zero-order valence-electron chi connectivity index (χ0n) is 24.5. The molecular formula is C37H24O. The quantitative estimate of drug-likeness (QED) is 0.225. The molecule has 0 amide bonds. The standard InChI is InChI=1S/C37H24O/c1-2-14-26-24(11-1)12-9-13-25(26)23-34-27-15-3-5-18-30(27)36(31-19-6-4-16-28(31)34)33-21-10-20-32-29-17-7-8-22-35(29)38-37(32)33/h1-22H,23H2/i3D,4D,5D,6D. The van der Waals surface area contributed by atoms with E-state index in [1.165, 1.54) is 0 Å². The highest BCUT2D eigenvalue weighted by molar-refractivity contribution is 6.20. The third-order valence-electron chi connectivity index (χ3n) is 7.72. The topological polar surface area (TPSA) is 13.1 Å². The number of furan rings is 1. The Bertz CT molecular complexity index is 2310. The third kappa shape index (κ3) is 3.12. The molecule has 8 aromatic rings. The molecule has 0 radical (unpaired) electrons. The van der Waals surface area contributed by atoms with Crippen LogP contribution >= 0.6 is 0 Å².